The van der Waals surface area contributed by atoms with Crippen molar-refractivity contribution < 1.29 is 4.79 Å². The van der Waals surface area contributed by atoms with Crippen LogP contribution in [0.1, 0.15) is 23.8 Å². The standard InChI is InChI=1S/C18H20N4OS2/c1-21-10-8-19-18(21)24-12-16(23)22-9-4-5-13(11-22)17-20-14-6-2-3-7-15(14)25-17/h2-3,6-8,10,13H,4-5,9,11-12H2,1H3/t13-/m0/s1. The summed E-state index contributed by atoms with van der Waals surface area (Å²) in [5, 5.41) is 2.04. The maximum Gasteiger partial charge on any atom is 0.233 e. The monoisotopic (exact) mass is 372 g/mol. The van der Waals surface area contributed by atoms with Crippen molar-refractivity contribution in [1.29, 1.82) is 0 Å². The van der Waals surface area contributed by atoms with Crippen LogP contribution in [0.5, 0.6) is 0 Å². The van der Waals surface area contributed by atoms with E-state index in [2.05, 4.69) is 23.2 Å². The van der Waals surface area contributed by atoms with Gasteiger partial charge in [0.2, 0.25) is 5.91 Å². The smallest absolute Gasteiger partial charge is 0.233 e. The van der Waals surface area contributed by atoms with Crippen molar-refractivity contribution in [3.8, 4) is 0 Å². The Morgan fingerprint density at radius 3 is 3.08 bits per heavy atom. The third-order valence-electron chi connectivity index (χ3n) is 4.54. The van der Waals surface area contributed by atoms with Gasteiger partial charge in [-0.15, -0.1) is 11.3 Å². The van der Waals surface area contributed by atoms with Crippen molar-refractivity contribution in [2.24, 2.45) is 7.05 Å². The number of carbonyl (C=O) groups excluding carboxylic acids is 1. The fourth-order valence-electron chi connectivity index (χ4n) is 3.18. The molecule has 1 saturated heterocycles. The molecule has 1 aromatic carbocycles. The zero-order valence-corrected chi connectivity index (χ0v) is 15.7. The molecule has 5 nitrogen and oxygen atoms in total. The van der Waals surface area contributed by atoms with Crippen LogP contribution in [0.15, 0.2) is 41.8 Å². The molecule has 1 fully saturated rings. The molecular weight excluding hydrogens is 352 g/mol. The number of nitrogens with zero attached hydrogens (tertiary/aromatic N) is 4. The molecule has 1 atom stereocenters. The second-order valence-corrected chi connectivity index (χ2v) is 8.31. The zero-order chi connectivity index (χ0) is 17.2. The summed E-state index contributed by atoms with van der Waals surface area (Å²) in [4.78, 5) is 23.7. The second-order valence-electron chi connectivity index (χ2n) is 6.31. The van der Waals surface area contributed by atoms with E-state index in [1.807, 2.05) is 28.8 Å². The lowest BCUT2D eigenvalue weighted by Gasteiger charge is -2.31. The van der Waals surface area contributed by atoms with Gasteiger partial charge in [0.05, 0.1) is 21.0 Å². The molecule has 0 spiro atoms. The average molecular weight is 373 g/mol. The lowest BCUT2D eigenvalue weighted by atomic mass is 9.99. The minimum Gasteiger partial charge on any atom is -0.341 e. The van der Waals surface area contributed by atoms with Gasteiger partial charge in [-0.05, 0) is 25.0 Å². The fraction of sp³-hybridized carbons (Fsp3) is 0.389. The number of hydrogen-bond acceptors (Lipinski definition) is 5. The summed E-state index contributed by atoms with van der Waals surface area (Å²) in [6.45, 7) is 1.63. The normalized spacial score (nSPS) is 18.0. The van der Waals surface area contributed by atoms with Gasteiger partial charge >= 0.3 is 0 Å². The van der Waals surface area contributed by atoms with Gasteiger partial charge < -0.3 is 9.47 Å². The molecule has 0 N–H and O–H groups in total. The summed E-state index contributed by atoms with van der Waals surface area (Å²) < 4.78 is 3.17. The van der Waals surface area contributed by atoms with E-state index >= 15 is 0 Å². The number of fused-ring (bicyclic) bond motifs is 1. The van der Waals surface area contributed by atoms with Crippen LogP contribution < -0.4 is 0 Å². The molecule has 1 aliphatic rings. The fourth-order valence-corrected chi connectivity index (χ4v) is 5.11. The number of hydrogen-bond donors (Lipinski definition) is 0. The van der Waals surface area contributed by atoms with Crippen molar-refractivity contribution >= 4 is 39.2 Å². The van der Waals surface area contributed by atoms with Crippen LogP contribution >= 0.6 is 23.1 Å². The summed E-state index contributed by atoms with van der Waals surface area (Å²) in [5.41, 5.74) is 1.07. The maximum absolute atomic E-state index is 12.6. The van der Waals surface area contributed by atoms with E-state index < -0.39 is 0 Å². The number of thioether (sulfide) groups is 1. The highest BCUT2D eigenvalue weighted by Crippen LogP contribution is 2.33. The van der Waals surface area contributed by atoms with Crippen LogP contribution in [0.3, 0.4) is 0 Å². The van der Waals surface area contributed by atoms with E-state index in [4.69, 9.17) is 4.98 Å². The molecule has 25 heavy (non-hydrogen) atoms. The van der Waals surface area contributed by atoms with Crippen molar-refractivity contribution in [3.05, 3.63) is 41.7 Å². The maximum atomic E-state index is 12.6. The highest BCUT2D eigenvalue weighted by molar-refractivity contribution is 7.99. The molecule has 0 bridgehead atoms. The topological polar surface area (TPSA) is 51.0 Å². The Kier molecular flexibility index (Phi) is 4.76. The number of imidazole rings is 1. The first-order chi connectivity index (χ1) is 12.2. The van der Waals surface area contributed by atoms with E-state index in [0.717, 1.165) is 41.6 Å². The number of aromatic nitrogens is 3. The van der Waals surface area contributed by atoms with Gasteiger partial charge in [-0.2, -0.15) is 0 Å². The van der Waals surface area contributed by atoms with E-state index in [0.29, 0.717) is 11.7 Å². The lowest BCUT2D eigenvalue weighted by molar-refractivity contribution is -0.129. The molecular formula is C18H20N4OS2. The third kappa shape index (κ3) is 3.57. The van der Waals surface area contributed by atoms with Gasteiger partial charge in [0.1, 0.15) is 0 Å². The van der Waals surface area contributed by atoms with Crippen molar-refractivity contribution in [2.45, 2.75) is 23.9 Å². The average Bonchev–Trinajstić information content (AvgIpc) is 3.25. The zero-order valence-electron chi connectivity index (χ0n) is 14.1. The molecule has 1 aliphatic heterocycles. The molecule has 0 unspecified atom stereocenters. The first-order valence-corrected chi connectivity index (χ1v) is 10.2. The number of rotatable bonds is 4. The summed E-state index contributed by atoms with van der Waals surface area (Å²) in [5.74, 6) is 0.990. The molecule has 7 heteroatoms. The molecule has 0 aliphatic carbocycles. The highest BCUT2D eigenvalue weighted by atomic mass is 32.2. The predicted octanol–water partition coefficient (Wildman–Crippen LogP) is 3.53. The molecule has 2 aromatic heterocycles. The molecule has 0 saturated carbocycles. The molecule has 1 amide bonds. The van der Waals surface area contributed by atoms with Crippen molar-refractivity contribution in [3.63, 3.8) is 0 Å². The minimum absolute atomic E-state index is 0.193. The number of aryl methyl sites for hydroxylation is 1. The largest absolute Gasteiger partial charge is 0.341 e. The SMILES string of the molecule is Cn1ccnc1SCC(=O)N1CCC[C@H](c2nc3ccccc3s2)C1. The Morgan fingerprint density at radius 1 is 1.40 bits per heavy atom. The lowest BCUT2D eigenvalue weighted by Crippen LogP contribution is -2.40. The van der Waals surface area contributed by atoms with E-state index in [1.165, 1.54) is 16.5 Å². The van der Waals surface area contributed by atoms with Crippen LogP contribution in [0.4, 0.5) is 0 Å². The van der Waals surface area contributed by atoms with Crippen molar-refractivity contribution in [1.82, 2.24) is 19.4 Å². The van der Waals surface area contributed by atoms with Gasteiger partial charge in [0.15, 0.2) is 5.16 Å². The van der Waals surface area contributed by atoms with E-state index in [9.17, 15) is 4.79 Å². The van der Waals surface area contributed by atoms with Crippen molar-refractivity contribution in [2.75, 3.05) is 18.8 Å². The van der Waals surface area contributed by atoms with Crippen LogP contribution in [0.2, 0.25) is 0 Å². The first kappa shape index (κ1) is 16.6. The van der Waals surface area contributed by atoms with Gasteiger partial charge in [-0.1, -0.05) is 23.9 Å². The molecule has 3 heterocycles. The summed E-state index contributed by atoms with van der Waals surface area (Å²) in [6, 6.07) is 8.25. The minimum atomic E-state index is 0.193. The van der Waals surface area contributed by atoms with Crippen LogP contribution in [-0.2, 0) is 11.8 Å². The highest BCUT2D eigenvalue weighted by Gasteiger charge is 2.27. The third-order valence-corrected chi connectivity index (χ3v) is 6.78. The summed E-state index contributed by atoms with van der Waals surface area (Å²) >= 11 is 3.27. The number of para-hydroxylation sites is 1. The number of piperidine rings is 1. The van der Waals surface area contributed by atoms with Crippen LogP contribution in [0, 0.1) is 0 Å². The number of thiazole rings is 1. The Hall–Kier alpha value is -1.86. The van der Waals surface area contributed by atoms with E-state index in [1.54, 1.807) is 17.5 Å². The Morgan fingerprint density at radius 2 is 2.28 bits per heavy atom. The Balaban J connectivity index is 1.41. The molecule has 4 rings (SSSR count). The van der Waals surface area contributed by atoms with Gasteiger partial charge in [-0.3, -0.25) is 4.79 Å². The van der Waals surface area contributed by atoms with Gasteiger partial charge in [0, 0.05) is 38.4 Å². The molecule has 0 radical (unpaired) electrons. The van der Waals surface area contributed by atoms with Gasteiger partial charge in [-0.25, -0.2) is 9.97 Å². The quantitative estimate of drug-likeness (QED) is 0.658. The number of carbonyl (C=O) groups is 1. The summed E-state index contributed by atoms with van der Waals surface area (Å²) in [7, 11) is 1.95. The number of likely N-dealkylation sites (tertiary alicyclic amines) is 1. The molecule has 130 valence electrons. The van der Waals surface area contributed by atoms with Gasteiger partial charge in [0.25, 0.3) is 0 Å². The van der Waals surface area contributed by atoms with Crippen LogP contribution in [0.25, 0.3) is 10.2 Å². The second kappa shape index (κ2) is 7.17. The Labute approximate surface area is 155 Å². The number of amides is 1. The predicted molar refractivity (Wildman–Crippen MR) is 102 cm³/mol. The first-order valence-electron chi connectivity index (χ1n) is 8.44. The number of benzene rings is 1. The Bertz CT molecular complexity index is 855. The molecule has 3 aromatic rings. The van der Waals surface area contributed by atoms with E-state index in [-0.39, 0.29) is 5.91 Å². The summed E-state index contributed by atoms with van der Waals surface area (Å²) in [6.07, 6.45) is 5.81. The van der Waals surface area contributed by atoms with Crippen LogP contribution in [-0.4, -0.2) is 44.2 Å².